The molecule has 0 saturated carbocycles. The maximum Gasteiger partial charge on any atom is 0.348 e. The fraction of sp³-hybridized carbons (Fsp3) is 0.600. The molecule has 0 aromatic rings. The Morgan fingerprint density at radius 1 is 1.54 bits per heavy atom. The second kappa shape index (κ2) is 4.66. The largest absolute Gasteiger partial charge is 0.462 e. The van der Waals surface area contributed by atoms with Crippen molar-refractivity contribution in [1.82, 2.24) is 0 Å². The summed E-state index contributed by atoms with van der Waals surface area (Å²) in [5, 5.41) is 8.67. The molecule has 0 aliphatic rings. The lowest BCUT2D eigenvalue weighted by molar-refractivity contribution is -0.138. The Morgan fingerprint density at radius 2 is 2.08 bits per heavy atom. The molecule has 3 heteroatoms. The van der Waals surface area contributed by atoms with Crippen LogP contribution in [0.3, 0.4) is 0 Å². The summed E-state index contributed by atoms with van der Waals surface area (Å²) < 4.78 is 4.71. The van der Waals surface area contributed by atoms with Crippen molar-refractivity contribution >= 4 is 5.97 Å². The van der Waals surface area contributed by atoms with E-state index in [2.05, 4.69) is 0 Å². The van der Waals surface area contributed by atoms with Crippen molar-refractivity contribution < 1.29 is 9.53 Å². The van der Waals surface area contributed by atoms with Crippen LogP contribution in [0.5, 0.6) is 0 Å². The van der Waals surface area contributed by atoms with Crippen LogP contribution >= 0.6 is 0 Å². The van der Waals surface area contributed by atoms with Gasteiger partial charge in [-0.1, -0.05) is 26.8 Å². The van der Waals surface area contributed by atoms with Crippen LogP contribution < -0.4 is 0 Å². The first-order valence-corrected chi connectivity index (χ1v) is 4.20. The molecule has 0 radical (unpaired) electrons. The van der Waals surface area contributed by atoms with Crippen molar-refractivity contribution in [2.45, 2.75) is 27.7 Å². The predicted octanol–water partition coefficient (Wildman–Crippen LogP) is 2.05. The molecule has 0 fully saturated rings. The minimum atomic E-state index is -0.542. The first kappa shape index (κ1) is 11.7. The number of carbonyl (C=O) groups excluding carboxylic acids is 1. The first-order valence-electron chi connectivity index (χ1n) is 4.20. The van der Waals surface area contributed by atoms with Gasteiger partial charge in [0.1, 0.15) is 11.6 Å². The number of esters is 1. The van der Waals surface area contributed by atoms with Gasteiger partial charge in [-0.05, 0) is 12.3 Å². The summed E-state index contributed by atoms with van der Waals surface area (Å²) in [4.78, 5) is 11.1. The molecule has 0 aromatic heterocycles. The summed E-state index contributed by atoms with van der Waals surface area (Å²) in [6.45, 7) is 7.77. The van der Waals surface area contributed by atoms with Crippen molar-refractivity contribution in [2.24, 2.45) is 5.41 Å². The SMILES string of the molecule is CCOC(=O)C(C#N)=CC(C)(C)C. The highest BCUT2D eigenvalue weighted by Gasteiger charge is 2.14. The van der Waals surface area contributed by atoms with Gasteiger partial charge < -0.3 is 4.74 Å². The van der Waals surface area contributed by atoms with Gasteiger partial charge in [-0.25, -0.2) is 4.79 Å². The third-order valence-corrected chi connectivity index (χ3v) is 1.19. The molecule has 0 unspecified atom stereocenters. The standard InChI is InChI=1S/C10H15NO2/c1-5-13-9(12)8(7-11)6-10(2,3)4/h6H,5H2,1-4H3. The van der Waals surface area contributed by atoms with E-state index >= 15 is 0 Å². The van der Waals surface area contributed by atoms with Crippen LogP contribution in [0, 0.1) is 16.7 Å². The van der Waals surface area contributed by atoms with Gasteiger partial charge >= 0.3 is 5.97 Å². The van der Waals surface area contributed by atoms with Crippen LogP contribution in [0.2, 0.25) is 0 Å². The van der Waals surface area contributed by atoms with E-state index in [0.29, 0.717) is 6.61 Å². The molecule has 0 bridgehead atoms. The van der Waals surface area contributed by atoms with Gasteiger partial charge in [0, 0.05) is 0 Å². The zero-order valence-electron chi connectivity index (χ0n) is 8.55. The fourth-order valence-electron chi connectivity index (χ4n) is 0.779. The highest BCUT2D eigenvalue weighted by molar-refractivity contribution is 5.92. The van der Waals surface area contributed by atoms with Gasteiger partial charge in [-0.3, -0.25) is 0 Å². The van der Waals surface area contributed by atoms with Crippen molar-refractivity contribution in [3.8, 4) is 6.07 Å². The van der Waals surface area contributed by atoms with Crippen LogP contribution in [0.25, 0.3) is 0 Å². The van der Waals surface area contributed by atoms with Gasteiger partial charge in [-0.2, -0.15) is 5.26 Å². The summed E-state index contributed by atoms with van der Waals surface area (Å²) >= 11 is 0. The molecule has 0 heterocycles. The van der Waals surface area contributed by atoms with Crippen LogP contribution in [0.4, 0.5) is 0 Å². The Labute approximate surface area is 79.0 Å². The second-order valence-corrected chi connectivity index (χ2v) is 3.76. The van der Waals surface area contributed by atoms with Crippen LogP contribution in [-0.4, -0.2) is 12.6 Å². The summed E-state index contributed by atoms with van der Waals surface area (Å²) in [5.74, 6) is -0.542. The highest BCUT2D eigenvalue weighted by Crippen LogP contribution is 2.17. The maximum absolute atomic E-state index is 11.1. The van der Waals surface area contributed by atoms with E-state index in [1.165, 1.54) is 0 Å². The zero-order chi connectivity index (χ0) is 10.5. The maximum atomic E-state index is 11.1. The molecule has 72 valence electrons. The summed E-state index contributed by atoms with van der Waals surface area (Å²) in [6.07, 6.45) is 1.62. The molecule has 0 aliphatic heterocycles. The van der Waals surface area contributed by atoms with Gasteiger partial charge in [0.25, 0.3) is 0 Å². The average Bonchev–Trinajstić information content (AvgIpc) is 1.99. The van der Waals surface area contributed by atoms with E-state index in [1.54, 1.807) is 13.0 Å². The molecule has 0 aromatic carbocycles. The minimum absolute atomic E-state index is 0.0781. The van der Waals surface area contributed by atoms with E-state index in [-0.39, 0.29) is 11.0 Å². The molecular formula is C10H15NO2. The third-order valence-electron chi connectivity index (χ3n) is 1.19. The van der Waals surface area contributed by atoms with Crippen molar-refractivity contribution in [2.75, 3.05) is 6.61 Å². The zero-order valence-corrected chi connectivity index (χ0v) is 8.55. The van der Waals surface area contributed by atoms with Crippen molar-refractivity contribution in [3.63, 3.8) is 0 Å². The third kappa shape index (κ3) is 5.02. The monoisotopic (exact) mass is 181 g/mol. The number of hydrogen-bond donors (Lipinski definition) is 0. The fourth-order valence-corrected chi connectivity index (χ4v) is 0.779. The van der Waals surface area contributed by atoms with Crippen LogP contribution in [-0.2, 0) is 9.53 Å². The van der Waals surface area contributed by atoms with Gasteiger partial charge in [0.2, 0.25) is 0 Å². The lowest BCUT2D eigenvalue weighted by Crippen LogP contribution is -2.10. The molecule has 0 saturated heterocycles. The summed E-state index contributed by atoms with van der Waals surface area (Å²) in [5.41, 5.74) is -0.105. The number of carbonyl (C=O) groups is 1. The highest BCUT2D eigenvalue weighted by atomic mass is 16.5. The number of nitrogens with zero attached hydrogens (tertiary/aromatic N) is 1. The Hall–Kier alpha value is -1.30. The smallest absolute Gasteiger partial charge is 0.348 e. The number of nitriles is 1. The first-order chi connectivity index (χ1) is 5.90. The van der Waals surface area contributed by atoms with Gasteiger partial charge in [-0.15, -0.1) is 0 Å². The Balaban J connectivity index is 4.64. The van der Waals surface area contributed by atoms with Gasteiger partial charge in [0.05, 0.1) is 6.61 Å². The van der Waals surface area contributed by atoms with Crippen molar-refractivity contribution in [1.29, 1.82) is 5.26 Å². The summed E-state index contributed by atoms with van der Waals surface area (Å²) in [6, 6.07) is 1.83. The van der Waals surface area contributed by atoms with E-state index < -0.39 is 5.97 Å². The number of allylic oxidation sites excluding steroid dienone is 1. The Kier molecular flexibility index (Phi) is 4.19. The second-order valence-electron chi connectivity index (χ2n) is 3.76. The van der Waals surface area contributed by atoms with E-state index in [1.807, 2.05) is 26.8 Å². The minimum Gasteiger partial charge on any atom is -0.462 e. The molecule has 0 rings (SSSR count). The van der Waals surface area contributed by atoms with Crippen LogP contribution in [0.15, 0.2) is 11.6 Å². The van der Waals surface area contributed by atoms with Crippen molar-refractivity contribution in [3.05, 3.63) is 11.6 Å². The molecule has 0 atom stereocenters. The Morgan fingerprint density at radius 3 is 2.38 bits per heavy atom. The average molecular weight is 181 g/mol. The normalized spacial score (nSPS) is 12.1. The summed E-state index contributed by atoms with van der Waals surface area (Å²) in [7, 11) is 0. The van der Waals surface area contributed by atoms with Crippen LogP contribution in [0.1, 0.15) is 27.7 Å². The van der Waals surface area contributed by atoms with E-state index in [9.17, 15) is 4.79 Å². The molecular weight excluding hydrogens is 166 g/mol. The number of ether oxygens (including phenoxy) is 1. The molecule has 3 nitrogen and oxygen atoms in total. The molecule has 0 aliphatic carbocycles. The number of rotatable bonds is 2. The quantitative estimate of drug-likeness (QED) is 0.372. The predicted molar refractivity (Wildman–Crippen MR) is 49.8 cm³/mol. The Bertz CT molecular complexity index is 253. The van der Waals surface area contributed by atoms with Gasteiger partial charge in [0.15, 0.2) is 0 Å². The lowest BCUT2D eigenvalue weighted by atomic mass is 9.94. The molecule has 0 spiro atoms. The number of hydrogen-bond acceptors (Lipinski definition) is 3. The van der Waals surface area contributed by atoms with E-state index in [0.717, 1.165) is 0 Å². The topological polar surface area (TPSA) is 50.1 Å². The van der Waals surface area contributed by atoms with E-state index in [4.69, 9.17) is 10.00 Å². The lowest BCUT2D eigenvalue weighted by Gasteiger charge is -2.12. The molecule has 0 N–H and O–H groups in total. The molecule has 0 amide bonds. The molecule has 13 heavy (non-hydrogen) atoms.